The Labute approximate surface area is 272 Å². The van der Waals surface area contributed by atoms with Crippen molar-refractivity contribution >= 4 is 93.6 Å². The first kappa shape index (κ1) is 27.7. The van der Waals surface area contributed by atoms with Crippen LogP contribution in [-0.2, 0) is 33.7 Å². The fourth-order valence-electron chi connectivity index (χ4n) is 5.99. The second kappa shape index (κ2) is 11.2. The van der Waals surface area contributed by atoms with Gasteiger partial charge in [-0.2, -0.15) is 4.90 Å². The van der Waals surface area contributed by atoms with E-state index in [-0.39, 0.29) is 21.1 Å². The Bertz CT molecular complexity index is 2330. The van der Waals surface area contributed by atoms with Crippen LogP contribution in [0.4, 0.5) is 5.69 Å². The maximum atomic E-state index is 6.06. The van der Waals surface area contributed by atoms with Crippen molar-refractivity contribution in [2.75, 3.05) is 7.05 Å². The number of aromatic nitrogens is 1. The van der Waals surface area contributed by atoms with Crippen LogP contribution >= 0.6 is 11.3 Å². The third kappa shape index (κ3) is 4.51. The summed E-state index contributed by atoms with van der Waals surface area (Å²) in [4.78, 5) is 4.33. The minimum absolute atomic E-state index is 0. The molecule has 3 nitrogen and oxygen atoms in total. The first-order chi connectivity index (χ1) is 20.7. The molecule has 0 amide bonds. The van der Waals surface area contributed by atoms with Crippen molar-refractivity contribution in [2.24, 2.45) is 0 Å². The Morgan fingerprint density at radius 2 is 1.35 bits per heavy atom. The van der Waals surface area contributed by atoms with E-state index in [0.717, 1.165) is 43.9 Å². The maximum absolute atomic E-state index is 6.06. The number of hydrogen-bond donors (Lipinski definition) is 1. The van der Waals surface area contributed by atoms with Crippen LogP contribution in [-0.4, -0.2) is 12.0 Å². The molecule has 0 spiro atoms. The molecule has 1 N–H and O–H groups in total. The molecule has 0 radical (unpaired) electrons. The molecule has 0 aliphatic heterocycles. The van der Waals surface area contributed by atoms with E-state index in [1.54, 1.807) is 11.3 Å². The number of hydrogen-bond acceptors (Lipinski definition) is 3. The molecule has 0 fully saturated rings. The molecule has 9 aromatic rings. The smallest absolute Gasteiger partial charge is 0.780 e. The summed E-state index contributed by atoms with van der Waals surface area (Å²) in [5.41, 5.74) is 7.29. The van der Waals surface area contributed by atoms with Crippen molar-refractivity contribution < 1.29 is 25.5 Å². The number of thiophene rings is 1. The van der Waals surface area contributed by atoms with E-state index in [1.807, 2.05) is 49.5 Å². The zero-order valence-electron chi connectivity index (χ0n) is 23.1. The second-order valence-corrected chi connectivity index (χ2v) is 11.8. The van der Waals surface area contributed by atoms with Crippen LogP contribution in [0.3, 0.4) is 0 Å². The average molecular weight is 761 g/mol. The van der Waals surface area contributed by atoms with Crippen LogP contribution in [0.15, 0.2) is 131 Å². The van der Waals surface area contributed by atoms with Crippen LogP contribution in [0, 0.1) is 0 Å². The number of fused-ring (bicyclic) bond motifs is 10. The molecule has 0 bridgehead atoms. The minimum atomic E-state index is 0. The molecule has 0 aliphatic rings. The molecule has 0 saturated carbocycles. The molecule has 9 rings (SSSR count). The van der Waals surface area contributed by atoms with Crippen LogP contribution in [0.25, 0.3) is 80.4 Å². The van der Waals surface area contributed by atoms with Crippen molar-refractivity contribution in [3.8, 4) is 11.1 Å². The van der Waals surface area contributed by atoms with E-state index in [0.29, 0.717) is 0 Å². The van der Waals surface area contributed by atoms with Gasteiger partial charge in [-0.1, -0.05) is 91.0 Å². The first-order valence-corrected chi connectivity index (χ1v) is 15.0. The summed E-state index contributed by atoms with van der Waals surface area (Å²) in [5.74, 6) is 0. The van der Waals surface area contributed by atoms with Crippen molar-refractivity contribution in [1.29, 1.82) is 0 Å². The van der Waals surface area contributed by atoms with E-state index < -0.39 is 0 Å². The molecular weight excluding hydrogens is 736 g/mol. The molecule has 3 heterocycles. The van der Waals surface area contributed by atoms with Gasteiger partial charge in [0.1, 0.15) is 5.58 Å². The predicted octanol–water partition coefficient (Wildman–Crippen LogP) is 11.5. The van der Waals surface area contributed by atoms with Crippen molar-refractivity contribution in [2.45, 2.75) is 4.90 Å². The minimum Gasteiger partial charge on any atom is -0.780 e. The van der Waals surface area contributed by atoms with Gasteiger partial charge < -0.3 is 27.3 Å². The summed E-state index contributed by atoms with van der Waals surface area (Å²) >= 11 is 7.54. The van der Waals surface area contributed by atoms with E-state index in [2.05, 4.69) is 89.2 Å². The van der Waals surface area contributed by atoms with Crippen LogP contribution in [0.2, 0.25) is 0 Å². The number of rotatable bonds is 2. The summed E-state index contributed by atoms with van der Waals surface area (Å²) in [6, 6.07) is 41.9. The summed E-state index contributed by atoms with van der Waals surface area (Å²) < 4.78 is 8.59. The number of benzene rings is 6. The number of H-pyrrole nitrogens is 1. The van der Waals surface area contributed by atoms with Gasteiger partial charge in [-0.25, -0.2) is 0 Å². The molecule has 206 valence electrons. The summed E-state index contributed by atoms with van der Waals surface area (Å²) in [7, 11) is 1.83. The Kier molecular flexibility index (Phi) is 7.18. The summed E-state index contributed by atoms with van der Waals surface area (Å²) in [6.07, 6.45) is 0. The van der Waals surface area contributed by atoms with Crippen LogP contribution in [0.5, 0.6) is 0 Å². The quantitative estimate of drug-likeness (QED) is 0.178. The van der Waals surface area contributed by atoms with Gasteiger partial charge in [-0.05, 0) is 52.2 Å². The molecule has 0 aliphatic carbocycles. The van der Waals surface area contributed by atoms with Gasteiger partial charge >= 0.3 is 21.1 Å². The molecule has 3 aromatic heterocycles. The van der Waals surface area contributed by atoms with E-state index in [9.17, 15) is 0 Å². The largest absolute Gasteiger partial charge is 2.00 e. The van der Waals surface area contributed by atoms with Crippen LogP contribution < -0.4 is 0 Å². The Balaban J connectivity index is 0.000000137. The van der Waals surface area contributed by atoms with E-state index >= 15 is 0 Å². The van der Waals surface area contributed by atoms with Gasteiger partial charge in [-0.15, -0.1) is 24.1 Å². The molecule has 0 atom stereocenters. The normalized spacial score (nSPS) is 11.3. The van der Waals surface area contributed by atoms with E-state index in [4.69, 9.17) is 17.0 Å². The zero-order chi connectivity index (χ0) is 28.2. The third-order valence-corrected chi connectivity index (χ3v) is 9.46. The first-order valence-electron chi connectivity index (χ1n) is 13.8. The maximum Gasteiger partial charge on any atom is 2.00 e. The van der Waals surface area contributed by atoms with E-state index in [1.165, 1.54) is 41.7 Å². The molecule has 0 saturated heterocycles. The SMILES string of the molecule is C[N-]c1c([S-])c(-c2ccccc2)cc2sc3ccccc3c12.[W+2].c1ccc2c(c1)[nH]c1c2ccc2c3ccccc3oc21. The van der Waals surface area contributed by atoms with Gasteiger partial charge in [-0.3, -0.25) is 0 Å². The van der Waals surface area contributed by atoms with Gasteiger partial charge in [0.25, 0.3) is 0 Å². The van der Waals surface area contributed by atoms with Crippen molar-refractivity contribution in [3.05, 3.63) is 127 Å². The van der Waals surface area contributed by atoms with Crippen LogP contribution in [0.1, 0.15) is 0 Å². The monoisotopic (exact) mass is 760 g/mol. The second-order valence-electron chi connectivity index (χ2n) is 10.3. The predicted molar refractivity (Wildman–Crippen MR) is 182 cm³/mol. The Morgan fingerprint density at radius 1 is 0.674 bits per heavy atom. The number of para-hydroxylation sites is 2. The summed E-state index contributed by atoms with van der Waals surface area (Å²) in [6.45, 7) is 0. The molecule has 43 heavy (non-hydrogen) atoms. The van der Waals surface area contributed by atoms with Gasteiger partial charge in [0.05, 0.1) is 5.52 Å². The topological polar surface area (TPSA) is 43.0 Å². The molecule has 0 unspecified atom stereocenters. The average Bonchev–Trinajstić information content (AvgIpc) is 3.73. The number of aromatic amines is 1. The Hall–Kier alpha value is -4.15. The Morgan fingerprint density at radius 3 is 2.16 bits per heavy atom. The van der Waals surface area contributed by atoms with Gasteiger partial charge in [0.2, 0.25) is 0 Å². The third-order valence-electron chi connectivity index (χ3n) is 7.93. The molecule has 6 heteroatoms. The number of furan rings is 1. The summed E-state index contributed by atoms with van der Waals surface area (Å²) in [5, 5.41) is 11.7. The van der Waals surface area contributed by atoms with Crippen molar-refractivity contribution in [3.63, 3.8) is 0 Å². The van der Waals surface area contributed by atoms with Crippen molar-refractivity contribution in [1.82, 2.24) is 4.98 Å². The standard InChI is InChI=1S/C19H14NS2.C18H11NO.W/c1-20-18-17-13-9-5-6-10-15(13)22-16(17)11-14(19(18)21)12-7-3-2-4-8-12;1-3-7-15-11(5-1)13-9-10-14-12-6-2-4-8-16(12)20-18(14)17(13)19-15;/h2-11,21H,1H3;1-10,19H;/q-1;;+2/p-1. The fourth-order valence-corrected chi connectivity index (χ4v) is 7.51. The molecule has 6 aromatic carbocycles. The number of nitrogens with zero attached hydrogens (tertiary/aromatic N) is 1. The molecular formula is C37H24N2OS2W. The van der Waals surface area contributed by atoms with Gasteiger partial charge in [0.15, 0.2) is 5.58 Å². The van der Waals surface area contributed by atoms with Gasteiger partial charge in [0, 0.05) is 36.5 Å². The fraction of sp³-hybridized carbons (Fsp3) is 0.0270. The number of nitrogens with one attached hydrogen (secondary N) is 1. The zero-order valence-corrected chi connectivity index (χ0v) is 27.7.